The van der Waals surface area contributed by atoms with Crippen LogP contribution in [0.15, 0.2) is 36.4 Å². The normalized spacial score (nSPS) is 10.3. The molecule has 27 heavy (non-hydrogen) atoms. The van der Waals surface area contributed by atoms with Crippen molar-refractivity contribution in [2.24, 2.45) is 0 Å². The molecule has 0 fully saturated rings. The number of carbonyl (C=O) groups excluding carboxylic acids is 2. The molecule has 0 spiro atoms. The zero-order valence-corrected chi connectivity index (χ0v) is 16.7. The fourth-order valence-corrected chi connectivity index (χ4v) is 2.94. The minimum Gasteiger partial charge on any atom is -0.495 e. The zero-order valence-electron chi connectivity index (χ0n) is 15.9. The summed E-state index contributed by atoms with van der Waals surface area (Å²) >= 11 is 6.03. The number of anilines is 3. The van der Waals surface area contributed by atoms with Crippen molar-refractivity contribution in [3.8, 4) is 5.75 Å². The largest absolute Gasteiger partial charge is 0.495 e. The number of rotatable bonds is 6. The minimum atomic E-state index is -0.775. The summed E-state index contributed by atoms with van der Waals surface area (Å²) in [5, 5.41) is 5.51. The smallest absolute Gasteiger partial charge is 0.314 e. The first-order valence-corrected chi connectivity index (χ1v) is 9.08. The van der Waals surface area contributed by atoms with Gasteiger partial charge in [-0.3, -0.25) is 9.59 Å². The highest BCUT2D eigenvalue weighted by molar-refractivity contribution is 6.44. The van der Waals surface area contributed by atoms with Gasteiger partial charge < -0.3 is 20.3 Å². The lowest BCUT2D eigenvalue weighted by Gasteiger charge is -2.22. The molecule has 6 nitrogen and oxygen atoms in total. The zero-order chi connectivity index (χ0) is 20.0. The van der Waals surface area contributed by atoms with Gasteiger partial charge in [-0.05, 0) is 62.7 Å². The first kappa shape index (κ1) is 20.6. The van der Waals surface area contributed by atoms with E-state index in [1.807, 2.05) is 19.1 Å². The van der Waals surface area contributed by atoms with Gasteiger partial charge in [0.2, 0.25) is 0 Å². The molecule has 0 aromatic heterocycles. The number of nitrogens with zero attached hydrogens (tertiary/aromatic N) is 1. The van der Waals surface area contributed by atoms with Crippen LogP contribution in [-0.4, -0.2) is 32.0 Å². The van der Waals surface area contributed by atoms with Crippen molar-refractivity contribution in [3.05, 3.63) is 47.0 Å². The third-order valence-corrected chi connectivity index (χ3v) is 4.50. The number of aryl methyl sites for hydroxylation is 1. The molecule has 144 valence electrons. The molecule has 2 aromatic rings. The molecule has 0 aliphatic heterocycles. The fourth-order valence-electron chi connectivity index (χ4n) is 2.68. The van der Waals surface area contributed by atoms with Crippen molar-refractivity contribution in [3.63, 3.8) is 0 Å². The summed E-state index contributed by atoms with van der Waals surface area (Å²) in [6, 6.07) is 10.5. The van der Waals surface area contributed by atoms with E-state index in [2.05, 4.69) is 29.4 Å². The second kappa shape index (κ2) is 9.28. The van der Waals surface area contributed by atoms with Gasteiger partial charge >= 0.3 is 11.8 Å². The molecule has 0 unspecified atom stereocenters. The number of amides is 2. The monoisotopic (exact) mass is 389 g/mol. The van der Waals surface area contributed by atoms with Crippen molar-refractivity contribution >= 4 is 40.5 Å². The number of ether oxygens (including phenoxy) is 1. The highest BCUT2D eigenvalue weighted by Crippen LogP contribution is 2.27. The topological polar surface area (TPSA) is 70.7 Å². The van der Waals surface area contributed by atoms with Crippen LogP contribution in [0.3, 0.4) is 0 Å². The molecule has 2 aromatic carbocycles. The van der Waals surface area contributed by atoms with E-state index in [1.165, 1.54) is 13.2 Å². The number of hydrogen-bond acceptors (Lipinski definition) is 4. The van der Waals surface area contributed by atoms with Crippen LogP contribution in [0.4, 0.5) is 17.1 Å². The molecule has 0 saturated carbocycles. The molecular formula is C20H24ClN3O3. The summed E-state index contributed by atoms with van der Waals surface area (Å²) in [5.74, 6) is -1.04. The van der Waals surface area contributed by atoms with Gasteiger partial charge in [0, 0.05) is 30.2 Å². The molecular weight excluding hydrogens is 366 g/mol. The van der Waals surface area contributed by atoms with Crippen molar-refractivity contribution in [1.82, 2.24) is 0 Å². The van der Waals surface area contributed by atoms with E-state index in [-0.39, 0.29) is 0 Å². The van der Waals surface area contributed by atoms with Crippen LogP contribution in [0.2, 0.25) is 5.02 Å². The van der Waals surface area contributed by atoms with Crippen LogP contribution in [0.5, 0.6) is 5.75 Å². The number of benzene rings is 2. The highest BCUT2D eigenvalue weighted by Gasteiger charge is 2.16. The number of carbonyl (C=O) groups is 2. The van der Waals surface area contributed by atoms with Gasteiger partial charge in [-0.1, -0.05) is 11.6 Å². The van der Waals surface area contributed by atoms with Crippen LogP contribution < -0.4 is 20.3 Å². The SMILES string of the molecule is CCN(CC)c1ccc(NC(=O)C(=O)Nc2ccc(OC)c(Cl)c2)c(C)c1. The molecule has 0 heterocycles. The van der Waals surface area contributed by atoms with E-state index in [9.17, 15) is 9.59 Å². The molecule has 0 radical (unpaired) electrons. The highest BCUT2D eigenvalue weighted by atomic mass is 35.5. The van der Waals surface area contributed by atoms with E-state index >= 15 is 0 Å². The number of hydrogen-bond donors (Lipinski definition) is 2. The Morgan fingerprint density at radius 2 is 1.70 bits per heavy atom. The van der Waals surface area contributed by atoms with Crippen LogP contribution in [0.25, 0.3) is 0 Å². The lowest BCUT2D eigenvalue weighted by atomic mass is 10.1. The fraction of sp³-hybridized carbons (Fsp3) is 0.300. The third kappa shape index (κ3) is 5.14. The molecule has 0 aliphatic rings. The Labute approximate surface area is 164 Å². The summed E-state index contributed by atoms with van der Waals surface area (Å²) in [6.45, 7) is 7.86. The van der Waals surface area contributed by atoms with Crippen molar-refractivity contribution in [2.75, 3.05) is 35.7 Å². The summed E-state index contributed by atoms with van der Waals surface area (Å²) in [5.41, 5.74) is 2.97. The Hall–Kier alpha value is -2.73. The Balaban J connectivity index is 2.06. The average Bonchev–Trinajstić information content (AvgIpc) is 2.65. The van der Waals surface area contributed by atoms with Gasteiger partial charge in [-0.2, -0.15) is 0 Å². The number of nitrogens with one attached hydrogen (secondary N) is 2. The molecule has 2 N–H and O–H groups in total. The molecule has 2 rings (SSSR count). The Morgan fingerprint density at radius 1 is 1.04 bits per heavy atom. The summed E-state index contributed by atoms with van der Waals surface area (Å²) in [4.78, 5) is 26.6. The maximum atomic E-state index is 12.2. The van der Waals surface area contributed by atoms with E-state index in [0.717, 1.165) is 24.3 Å². The molecule has 7 heteroatoms. The minimum absolute atomic E-state index is 0.346. The van der Waals surface area contributed by atoms with Gasteiger partial charge in [0.15, 0.2) is 0 Å². The van der Waals surface area contributed by atoms with E-state index < -0.39 is 11.8 Å². The van der Waals surface area contributed by atoms with Gasteiger partial charge in [-0.25, -0.2) is 0 Å². The van der Waals surface area contributed by atoms with E-state index in [0.29, 0.717) is 22.1 Å². The van der Waals surface area contributed by atoms with Crippen LogP contribution >= 0.6 is 11.6 Å². The van der Waals surface area contributed by atoms with Crippen molar-refractivity contribution < 1.29 is 14.3 Å². The Bertz CT molecular complexity index is 835. The molecule has 0 aliphatic carbocycles. The van der Waals surface area contributed by atoms with Crippen molar-refractivity contribution in [1.29, 1.82) is 0 Å². The lowest BCUT2D eigenvalue weighted by molar-refractivity contribution is -0.133. The number of methoxy groups -OCH3 is 1. The Morgan fingerprint density at radius 3 is 2.26 bits per heavy atom. The van der Waals surface area contributed by atoms with Gasteiger partial charge in [-0.15, -0.1) is 0 Å². The summed E-state index contributed by atoms with van der Waals surface area (Å²) < 4.78 is 5.06. The van der Waals surface area contributed by atoms with Crippen LogP contribution in [-0.2, 0) is 9.59 Å². The quantitative estimate of drug-likeness (QED) is 0.730. The maximum Gasteiger partial charge on any atom is 0.314 e. The maximum absolute atomic E-state index is 12.2. The first-order chi connectivity index (χ1) is 12.9. The number of halogens is 1. The predicted molar refractivity (Wildman–Crippen MR) is 110 cm³/mol. The summed E-state index contributed by atoms with van der Waals surface area (Å²) in [7, 11) is 1.50. The summed E-state index contributed by atoms with van der Waals surface area (Å²) in [6.07, 6.45) is 0. The predicted octanol–water partition coefficient (Wildman–Crippen LogP) is 4.08. The van der Waals surface area contributed by atoms with Crippen LogP contribution in [0.1, 0.15) is 19.4 Å². The van der Waals surface area contributed by atoms with Crippen molar-refractivity contribution in [2.45, 2.75) is 20.8 Å². The first-order valence-electron chi connectivity index (χ1n) is 8.71. The standard InChI is InChI=1S/C20H24ClN3O3/c1-5-24(6-2)15-8-9-17(13(3)11-15)23-20(26)19(25)22-14-7-10-18(27-4)16(21)12-14/h7-12H,5-6H2,1-4H3,(H,22,25)(H,23,26). The van der Waals surface area contributed by atoms with Gasteiger partial charge in [0.1, 0.15) is 5.75 Å². The second-order valence-corrected chi connectivity index (χ2v) is 6.34. The molecule has 0 atom stereocenters. The molecule has 2 amide bonds. The molecule has 0 bridgehead atoms. The van der Waals surface area contributed by atoms with Gasteiger partial charge in [0.25, 0.3) is 0 Å². The third-order valence-electron chi connectivity index (χ3n) is 4.20. The molecule has 0 saturated heterocycles. The second-order valence-electron chi connectivity index (χ2n) is 5.93. The average molecular weight is 390 g/mol. The van der Waals surface area contributed by atoms with E-state index in [4.69, 9.17) is 16.3 Å². The lowest BCUT2D eigenvalue weighted by Crippen LogP contribution is -2.29. The van der Waals surface area contributed by atoms with Gasteiger partial charge in [0.05, 0.1) is 12.1 Å². The Kier molecular flexibility index (Phi) is 7.07. The van der Waals surface area contributed by atoms with E-state index in [1.54, 1.807) is 18.2 Å². The van der Waals surface area contributed by atoms with Crippen LogP contribution in [0, 0.1) is 6.92 Å².